The van der Waals surface area contributed by atoms with Gasteiger partial charge in [0.15, 0.2) is 0 Å². The van der Waals surface area contributed by atoms with Gasteiger partial charge >= 0.3 is 0 Å². The third-order valence-electron chi connectivity index (χ3n) is 2.14. The van der Waals surface area contributed by atoms with Crippen LogP contribution in [0.2, 0.25) is 13.1 Å². The lowest BCUT2D eigenvalue weighted by Gasteiger charge is -2.15. The molecular weight excluding hydrogens is 204 g/mol. The van der Waals surface area contributed by atoms with E-state index in [1.807, 2.05) is 0 Å². The Labute approximate surface area is 94.0 Å². The molecule has 0 amide bonds. The van der Waals surface area contributed by atoms with Crippen LogP contribution in [0.25, 0.3) is 0 Å². The third-order valence-corrected chi connectivity index (χ3v) is 2.86. The highest BCUT2D eigenvalue weighted by atomic mass is 28.3. The fourth-order valence-electron chi connectivity index (χ4n) is 1.53. The number of aryl methyl sites for hydroxylation is 1. The fourth-order valence-corrected chi connectivity index (χ4v) is 1.96. The Bertz CT molecular complexity index is 326. The SMILES string of the molecule is Cc1[nH]c(CO[Si](C)C)nc1C(C)(C)C. The molecule has 0 saturated heterocycles. The quantitative estimate of drug-likeness (QED) is 0.803. The molecule has 0 fully saturated rings. The van der Waals surface area contributed by atoms with Gasteiger partial charge in [0.05, 0.1) is 12.3 Å². The van der Waals surface area contributed by atoms with Crippen LogP contribution in [0, 0.1) is 6.92 Å². The van der Waals surface area contributed by atoms with Crippen molar-refractivity contribution in [2.45, 2.75) is 52.8 Å². The summed E-state index contributed by atoms with van der Waals surface area (Å²) in [4.78, 5) is 7.88. The topological polar surface area (TPSA) is 37.9 Å². The Morgan fingerprint density at radius 3 is 2.33 bits per heavy atom. The standard InChI is InChI=1S/C11H21N2OSi/c1-8-10(11(2,3)4)13-9(12-8)7-14-15(5)6/h7H2,1-6H3,(H,12,13). The first-order chi connectivity index (χ1) is 6.80. The number of H-pyrrole nitrogens is 1. The molecular formula is C11H21N2OSi. The molecule has 85 valence electrons. The van der Waals surface area contributed by atoms with E-state index in [0.717, 1.165) is 17.2 Å². The number of nitrogens with one attached hydrogen (secondary N) is 1. The van der Waals surface area contributed by atoms with Crippen molar-refractivity contribution in [2.24, 2.45) is 0 Å². The molecule has 1 N–H and O–H groups in total. The van der Waals surface area contributed by atoms with E-state index < -0.39 is 9.04 Å². The molecule has 0 bridgehead atoms. The van der Waals surface area contributed by atoms with Crippen LogP contribution in [-0.2, 0) is 16.4 Å². The van der Waals surface area contributed by atoms with Gasteiger partial charge in [0, 0.05) is 11.1 Å². The van der Waals surface area contributed by atoms with Gasteiger partial charge in [-0.15, -0.1) is 0 Å². The molecule has 0 aliphatic heterocycles. The summed E-state index contributed by atoms with van der Waals surface area (Å²) in [5.74, 6) is 0.948. The van der Waals surface area contributed by atoms with Crippen LogP contribution in [0.3, 0.4) is 0 Å². The predicted molar refractivity (Wildman–Crippen MR) is 64.3 cm³/mol. The molecule has 0 saturated carbocycles. The minimum atomic E-state index is -0.631. The van der Waals surface area contributed by atoms with E-state index in [9.17, 15) is 0 Å². The summed E-state index contributed by atoms with van der Waals surface area (Å²) in [6.45, 7) is 13.5. The maximum Gasteiger partial charge on any atom is 0.205 e. The largest absolute Gasteiger partial charge is 0.410 e. The lowest BCUT2D eigenvalue weighted by molar-refractivity contribution is 0.304. The van der Waals surface area contributed by atoms with Gasteiger partial charge in [0.25, 0.3) is 0 Å². The van der Waals surface area contributed by atoms with Gasteiger partial charge in [0.2, 0.25) is 9.04 Å². The number of aromatic nitrogens is 2. The summed E-state index contributed by atoms with van der Waals surface area (Å²) in [5.41, 5.74) is 2.40. The highest BCUT2D eigenvalue weighted by molar-refractivity contribution is 6.48. The van der Waals surface area contributed by atoms with E-state index in [0.29, 0.717) is 6.61 Å². The first-order valence-electron chi connectivity index (χ1n) is 5.29. The molecule has 1 aromatic heterocycles. The van der Waals surface area contributed by atoms with E-state index in [-0.39, 0.29) is 5.41 Å². The summed E-state index contributed by atoms with van der Waals surface area (Å²) in [7, 11) is -0.631. The number of aromatic amines is 1. The molecule has 15 heavy (non-hydrogen) atoms. The van der Waals surface area contributed by atoms with E-state index >= 15 is 0 Å². The Balaban J connectivity index is 2.78. The molecule has 1 radical (unpaired) electrons. The summed E-state index contributed by atoms with van der Waals surface area (Å²) in [6.07, 6.45) is 0. The monoisotopic (exact) mass is 225 g/mol. The average molecular weight is 225 g/mol. The molecule has 4 heteroatoms. The van der Waals surface area contributed by atoms with Crippen molar-refractivity contribution in [1.29, 1.82) is 0 Å². The fraction of sp³-hybridized carbons (Fsp3) is 0.727. The molecule has 0 unspecified atom stereocenters. The molecule has 0 aromatic carbocycles. The molecule has 1 heterocycles. The van der Waals surface area contributed by atoms with Crippen LogP contribution in [0.15, 0.2) is 0 Å². The lowest BCUT2D eigenvalue weighted by atomic mass is 9.91. The molecule has 0 aliphatic carbocycles. The maximum atomic E-state index is 5.62. The molecule has 0 spiro atoms. The van der Waals surface area contributed by atoms with Crippen molar-refractivity contribution in [3.8, 4) is 0 Å². The molecule has 0 aliphatic rings. The van der Waals surface area contributed by atoms with Crippen molar-refractivity contribution < 1.29 is 4.43 Å². The first kappa shape index (κ1) is 12.5. The molecule has 1 aromatic rings. The normalized spacial score (nSPS) is 12.5. The third kappa shape index (κ3) is 3.46. The second-order valence-corrected chi connectivity index (χ2v) is 7.21. The highest BCUT2D eigenvalue weighted by Crippen LogP contribution is 2.23. The summed E-state index contributed by atoms with van der Waals surface area (Å²) in [6, 6.07) is 0. The van der Waals surface area contributed by atoms with E-state index in [2.05, 4.69) is 50.8 Å². The van der Waals surface area contributed by atoms with Crippen molar-refractivity contribution in [3.63, 3.8) is 0 Å². The van der Waals surface area contributed by atoms with Gasteiger partial charge < -0.3 is 9.41 Å². The second-order valence-electron chi connectivity index (χ2n) is 5.10. The zero-order valence-corrected chi connectivity index (χ0v) is 11.6. The van der Waals surface area contributed by atoms with Crippen molar-refractivity contribution >= 4 is 9.04 Å². The van der Waals surface area contributed by atoms with Crippen molar-refractivity contribution in [3.05, 3.63) is 17.2 Å². The van der Waals surface area contributed by atoms with Crippen molar-refractivity contribution in [1.82, 2.24) is 9.97 Å². The van der Waals surface area contributed by atoms with E-state index in [1.54, 1.807) is 0 Å². The first-order valence-corrected chi connectivity index (χ1v) is 7.70. The van der Waals surface area contributed by atoms with Gasteiger partial charge in [0.1, 0.15) is 5.82 Å². The van der Waals surface area contributed by atoms with Crippen LogP contribution in [0.1, 0.15) is 38.0 Å². The van der Waals surface area contributed by atoms with Gasteiger partial charge in [-0.2, -0.15) is 0 Å². The second kappa shape index (κ2) is 4.49. The van der Waals surface area contributed by atoms with Crippen LogP contribution in [0.4, 0.5) is 0 Å². The smallest absolute Gasteiger partial charge is 0.205 e. The molecule has 3 nitrogen and oxygen atoms in total. The Kier molecular flexibility index (Phi) is 3.73. The van der Waals surface area contributed by atoms with Crippen LogP contribution in [-0.4, -0.2) is 19.0 Å². The Morgan fingerprint density at radius 2 is 1.93 bits per heavy atom. The van der Waals surface area contributed by atoms with Crippen LogP contribution >= 0.6 is 0 Å². The Morgan fingerprint density at radius 1 is 1.33 bits per heavy atom. The van der Waals surface area contributed by atoms with E-state index in [1.165, 1.54) is 0 Å². The Hall–Kier alpha value is -0.613. The zero-order valence-electron chi connectivity index (χ0n) is 10.6. The summed E-state index contributed by atoms with van der Waals surface area (Å²) < 4.78 is 5.62. The average Bonchev–Trinajstić information content (AvgIpc) is 2.42. The molecule has 0 atom stereocenters. The van der Waals surface area contributed by atoms with Gasteiger partial charge in [-0.3, -0.25) is 0 Å². The van der Waals surface area contributed by atoms with Crippen LogP contribution in [0.5, 0.6) is 0 Å². The minimum Gasteiger partial charge on any atom is -0.410 e. The van der Waals surface area contributed by atoms with E-state index in [4.69, 9.17) is 4.43 Å². The number of hydrogen-bond donors (Lipinski definition) is 1. The number of hydrogen-bond acceptors (Lipinski definition) is 2. The number of nitrogens with zero attached hydrogens (tertiary/aromatic N) is 1. The maximum absolute atomic E-state index is 5.62. The van der Waals surface area contributed by atoms with Gasteiger partial charge in [-0.25, -0.2) is 4.98 Å². The number of imidazole rings is 1. The minimum absolute atomic E-state index is 0.102. The van der Waals surface area contributed by atoms with Crippen molar-refractivity contribution in [2.75, 3.05) is 0 Å². The predicted octanol–water partition coefficient (Wildman–Crippen LogP) is 2.78. The van der Waals surface area contributed by atoms with Gasteiger partial charge in [-0.05, 0) is 20.0 Å². The van der Waals surface area contributed by atoms with Gasteiger partial charge in [-0.1, -0.05) is 20.8 Å². The summed E-state index contributed by atoms with van der Waals surface area (Å²) >= 11 is 0. The highest BCUT2D eigenvalue weighted by Gasteiger charge is 2.20. The number of rotatable bonds is 3. The lowest BCUT2D eigenvalue weighted by Crippen LogP contribution is -2.13. The zero-order chi connectivity index (χ0) is 11.6. The summed E-state index contributed by atoms with van der Waals surface area (Å²) in [5, 5.41) is 0. The molecule has 1 rings (SSSR count). The van der Waals surface area contributed by atoms with Crippen LogP contribution < -0.4 is 0 Å².